The molecule has 2 aromatic carbocycles. The summed E-state index contributed by atoms with van der Waals surface area (Å²) in [6.07, 6.45) is 2.68. The number of aryl methyl sites for hydroxylation is 1. The lowest BCUT2D eigenvalue weighted by Gasteiger charge is -2.07. The van der Waals surface area contributed by atoms with Crippen LogP contribution in [0.15, 0.2) is 60.8 Å². The Morgan fingerprint density at radius 2 is 1.67 bits per heavy atom. The van der Waals surface area contributed by atoms with Gasteiger partial charge in [-0.15, -0.1) is 0 Å². The van der Waals surface area contributed by atoms with E-state index in [1.54, 1.807) is 0 Å². The van der Waals surface area contributed by atoms with E-state index >= 15 is 0 Å². The summed E-state index contributed by atoms with van der Waals surface area (Å²) in [5, 5.41) is 5.53. The highest BCUT2D eigenvalue weighted by Gasteiger charge is 2.16. The Balaban J connectivity index is 1.94. The highest BCUT2D eigenvalue weighted by atomic mass is 15.3. The third-order valence-corrected chi connectivity index (χ3v) is 4.36. The van der Waals surface area contributed by atoms with Crippen LogP contribution in [0.25, 0.3) is 33.4 Å². The van der Waals surface area contributed by atoms with E-state index in [-0.39, 0.29) is 0 Å². The van der Waals surface area contributed by atoms with Crippen molar-refractivity contribution >= 4 is 27.7 Å². The van der Waals surface area contributed by atoms with E-state index in [9.17, 15) is 0 Å². The molecule has 5 aromatic rings. The Kier molecular flexibility index (Phi) is 2.70. The van der Waals surface area contributed by atoms with Crippen molar-refractivity contribution in [3.05, 3.63) is 66.6 Å². The van der Waals surface area contributed by atoms with Gasteiger partial charge in [0.25, 0.3) is 0 Å². The standard InChI is InChI=1S/C19H15N5/c1-2-17-22-19-14(12-20-24(19)13-8-4-3-5-9-13)18-21-15-10-6-7-11-16(15)23(17)18/h3-12H,2H2,1H3. The Morgan fingerprint density at radius 1 is 0.875 bits per heavy atom. The number of fused-ring (bicyclic) bond motifs is 5. The summed E-state index contributed by atoms with van der Waals surface area (Å²) in [5.41, 5.74) is 4.84. The predicted octanol–water partition coefficient (Wildman–Crippen LogP) is 3.78. The number of benzene rings is 2. The predicted molar refractivity (Wildman–Crippen MR) is 94.5 cm³/mol. The normalized spacial score (nSPS) is 11.7. The first-order valence-corrected chi connectivity index (χ1v) is 8.06. The maximum Gasteiger partial charge on any atom is 0.168 e. The van der Waals surface area contributed by atoms with E-state index in [2.05, 4.69) is 22.5 Å². The van der Waals surface area contributed by atoms with Crippen LogP contribution in [0.3, 0.4) is 0 Å². The van der Waals surface area contributed by atoms with Crippen molar-refractivity contribution in [2.75, 3.05) is 0 Å². The fourth-order valence-corrected chi connectivity index (χ4v) is 3.24. The molecule has 5 heteroatoms. The first-order chi connectivity index (χ1) is 11.9. The Morgan fingerprint density at radius 3 is 2.50 bits per heavy atom. The quantitative estimate of drug-likeness (QED) is 0.498. The monoisotopic (exact) mass is 313 g/mol. The number of nitrogens with zero attached hydrogens (tertiary/aromatic N) is 5. The molecule has 5 rings (SSSR count). The number of hydrogen-bond acceptors (Lipinski definition) is 3. The van der Waals surface area contributed by atoms with Crippen LogP contribution >= 0.6 is 0 Å². The molecule has 0 N–H and O–H groups in total. The molecule has 0 unspecified atom stereocenters. The van der Waals surface area contributed by atoms with E-state index in [1.165, 1.54) is 0 Å². The van der Waals surface area contributed by atoms with Crippen LogP contribution in [0.5, 0.6) is 0 Å². The summed E-state index contributed by atoms with van der Waals surface area (Å²) in [6, 6.07) is 18.3. The second kappa shape index (κ2) is 4.89. The second-order valence-electron chi connectivity index (χ2n) is 5.77. The van der Waals surface area contributed by atoms with Gasteiger partial charge in [-0.3, -0.25) is 4.40 Å². The van der Waals surface area contributed by atoms with Crippen molar-refractivity contribution in [1.82, 2.24) is 24.1 Å². The molecule has 24 heavy (non-hydrogen) atoms. The van der Waals surface area contributed by atoms with Crippen molar-refractivity contribution in [2.24, 2.45) is 0 Å². The zero-order chi connectivity index (χ0) is 16.1. The van der Waals surface area contributed by atoms with Gasteiger partial charge in [-0.2, -0.15) is 5.10 Å². The first-order valence-electron chi connectivity index (χ1n) is 8.06. The van der Waals surface area contributed by atoms with Gasteiger partial charge < -0.3 is 0 Å². The van der Waals surface area contributed by atoms with E-state index in [0.717, 1.165) is 45.6 Å². The molecular formula is C19H15N5. The molecular weight excluding hydrogens is 298 g/mol. The van der Waals surface area contributed by atoms with Crippen molar-refractivity contribution in [3.8, 4) is 5.69 Å². The van der Waals surface area contributed by atoms with E-state index < -0.39 is 0 Å². The van der Waals surface area contributed by atoms with Crippen LogP contribution in [-0.2, 0) is 6.42 Å². The largest absolute Gasteiger partial charge is 0.280 e. The molecule has 0 amide bonds. The van der Waals surface area contributed by atoms with Crippen LogP contribution in [0.1, 0.15) is 12.7 Å². The van der Waals surface area contributed by atoms with Gasteiger partial charge in [0.1, 0.15) is 5.82 Å². The average Bonchev–Trinajstić information content (AvgIpc) is 3.23. The molecule has 0 radical (unpaired) electrons. The number of para-hydroxylation sites is 3. The summed E-state index contributed by atoms with van der Waals surface area (Å²) >= 11 is 0. The molecule has 0 bridgehead atoms. The minimum absolute atomic E-state index is 0.826. The summed E-state index contributed by atoms with van der Waals surface area (Å²) in [6.45, 7) is 2.12. The maximum atomic E-state index is 4.90. The van der Waals surface area contributed by atoms with Gasteiger partial charge in [0.05, 0.1) is 28.3 Å². The lowest BCUT2D eigenvalue weighted by molar-refractivity contribution is 0.869. The van der Waals surface area contributed by atoms with Crippen LogP contribution < -0.4 is 0 Å². The van der Waals surface area contributed by atoms with Crippen LogP contribution in [-0.4, -0.2) is 24.1 Å². The SMILES string of the molecule is CCc1nc2c(cnn2-c2ccccc2)c2nc3ccccc3n12. The second-order valence-corrected chi connectivity index (χ2v) is 5.77. The van der Waals surface area contributed by atoms with Crippen LogP contribution in [0, 0.1) is 0 Å². The average molecular weight is 313 g/mol. The van der Waals surface area contributed by atoms with Crippen LogP contribution in [0.2, 0.25) is 0 Å². The highest BCUT2D eigenvalue weighted by Crippen LogP contribution is 2.26. The topological polar surface area (TPSA) is 48.0 Å². The Hall–Kier alpha value is -3.21. The van der Waals surface area contributed by atoms with E-state index in [4.69, 9.17) is 9.97 Å². The van der Waals surface area contributed by atoms with Gasteiger partial charge >= 0.3 is 0 Å². The van der Waals surface area contributed by atoms with Gasteiger partial charge in [0, 0.05) is 6.42 Å². The molecule has 0 saturated carbocycles. The maximum absolute atomic E-state index is 4.90. The molecule has 5 nitrogen and oxygen atoms in total. The number of imidazole rings is 1. The van der Waals surface area contributed by atoms with E-state index in [1.807, 2.05) is 59.4 Å². The highest BCUT2D eigenvalue weighted by molar-refractivity contribution is 5.95. The number of hydrogen-bond donors (Lipinski definition) is 0. The van der Waals surface area contributed by atoms with Gasteiger partial charge in [-0.25, -0.2) is 14.6 Å². The summed E-state index contributed by atoms with van der Waals surface area (Å²) in [7, 11) is 0. The molecule has 0 atom stereocenters. The van der Waals surface area contributed by atoms with Crippen molar-refractivity contribution in [3.63, 3.8) is 0 Å². The van der Waals surface area contributed by atoms with Crippen molar-refractivity contribution < 1.29 is 0 Å². The van der Waals surface area contributed by atoms with Gasteiger partial charge in [-0.05, 0) is 24.3 Å². The minimum atomic E-state index is 0.826. The first kappa shape index (κ1) is 13.2. The number of rotatable bonds is 2. The summed E-state index contributed by atoms with van der Waals surface area (Å²) in [5.74, 6) is 0.990. The lowest BCUT2D eigenvalue weighted by atomic mass is 10.3. The van der Waals surface area contributed by atoms with Crippen molar-refractivity contribution in [2.45, 2.75) is 13.3 Å². The zero-order valence-electron chi connectivity index (χ0n) is 13.2. The smallest absolute Gasteiger partial charge is 0.168 e. The molecule has 0 aliphatic carbocycles. The molecule has 0 fully saturated rings. The Bertz CT molecular complexity index is 1180. The van der Waals surface area contributed by atoms with Gasteiger partial charge in [0.15, 0.2) is 11.3 Å². The fraction of sp³-hybridized carbons (Fsp3) is 0.105. The minimum Gasteiger partial charge on any atom is -0.280 e. The van der Waals surface area contributed by atoms with Gasteiger partial charge in [0.2, 0.25) is 0 Å². The third kappa shape index (κ3) is 1.72. The lowest BCUT2D eigenvalue weighted by Crippen LogP contribution is -2.03. The van der Waals surface area contributed by atoms with Crippen molar-refractivity contribution in [1.29, 1.82) is 0 Å². The molecule has 0 saturated heterocycles. The summed E-state index contributed by atoms with van der Waals surface area (Å²) < 4.78 is 4.03. The van der Waals surface area contributed by atoms with E-state index in [0.29, 0.717) is 0 Å². The zero-order valence-corrected chi connectivity index (χ0v) is 13.2. The van der Waals surface area contributed by atoms with Crippen LogP contribution in [0.4, 0.5) is 0 Å². The third-order valence-electron chi connectivity index (χ3n) is 4.36. The van der Waals surface area contributed by atoms with Gasteiger partial charge in [-0.1, -0.05) is 37.3 Å². The molecule has 3 heterocycles. The molecule has 0 aliphatic heterocycles. The Labute approximate surface area is 138 Å². The molecule has 3 aromatic heterocycles. The molecule has 116 valence electrons. The fourth-order valence-electron chi connectivity index (χ4n) is 3.24. The molecule has 0 spiro atoms. The number of aromatic nitrogens is 5. The summed E-state index contributed by atoms with van der Waals surface area (Å²) in [4.78, 5) is 9.73. The molecule has 0 aliphatic rings.